The average Bonchev–Trinajstić information content (AvgIpc) is 2.65. The maximum atomic E-state index is 10.3. The van der Waals surface area contributed by atoms with E-state index in [2.05, 4.69) is 23.9 Å². The van der Waals surface area contributed by atoms with Gasteiger partial charge in [-0.25, -0.2) is 0 Å². The van der Waals surface area contributed by atoms with E-state index in [4.69, 9.17) is 24.5 Å². The second kappa shape index (κ2) is 20.4. The van der Waals surface area contributed by atoms with Gasteiger partial charge in [-0.05, 0) is 18.4 Å². The van der Waals surface area contributed by atoms with Gasteiger partial charge in [0.05, 0.1) is 45.7 Å². The summed E-state index contributed by atoms with van der Waals surface area (Å²) in [4.78, 5) is 2.64. The highest BCUT2D eigenvalue weighted by Gasteiger charge is 2.19. The summed E-state index contributed by atoms with van der Waals surface area (Å²) in [5.41, 5.74) is 8.11. The van der Waals surface area contributed by atoms with Crippen LogP contribution < -0.4 is 0 Å². The minimum absolute atomic E-state index is 0.155. The highest BCUT2D eigenvalue weighted by atomic mass is 16.5. The van der Waals surface area contributed by atoms with E-state index < -0.39 is 6.10 Å². The first-order valence-corrected chi connectivity index (χ1v) is 9.79. The molecule has 0 aliphatic rings. The fourth-order valence-electron chi connectivity index (χ4n) is 2.28. The van der Waals surface area contributed by atoms with Crippen LogP contribution in [-0.4, -0.2) is 70.1 Å². The Morgan fingerprint density at radius 1 is 0.885 bits per heavy atom. The van der Waals surface area contributed by atoms with E-state index in [0.717, 1.165) is 38.5 Å². The summed E-state index contributed by atoms with van der Waals surface area (Å²) >= 11 is 0. The smallest absolute Gasteiger partial charge is 0.103 e. The van der Waals surface area contributed by atoms with Crippen molar-refractivity contribution in [3.63, 3.8) is 0 Å². The maximum Gasteiger partial charge on any atom is 0.103 e. The summed E-state index contributed by atoms with van der Waals surface area (Å²) in [6, 6.07) is 0. The molecule has 2 unspecified atom stereocenters. The molecule has 0 aliphatic heterocycles. The second-order valence-corrected chi connectivity index (χ2v) is 6.08. The summed E-state index contributed by atoms with van der Waals surface area (Å²) in [6.07, 6.45) is 5.57. The standard InChI is InChI=1S/C18H37N3O5/c1-3-5-7-10-26-18(8-6-4-2)17(22)16-25-15-14-24-13-12-23-11-9-20-21-19/h17-18,22H,3-16H2,1-2H3. The molecule has 0 aromatic heterocycles. The molecule has 2 atom stereocenters. The third-order valence-corrected chi connectivity index (χ3v) is 3.78. The van der Waals surface area contributed by atoms with E-state index >= 15 is 0 Å². The number of hydrogen-bond donors (Lipinski definition) is 1. The molecule has 0 heterocycles. The minimum atomic E-state index is -0.604. The average molecular weight is 376 g/mol. The highest BCUT2D eigenvalue weighted by Crippen LogP contribution is 2.11. The van der Waals surface area contributed by atoms with Crippen LogP contribution in [0.2, 0.25) is 0 Å². The number of aliphatic hydroxyl groups excluding tert-OH is 1. The fourth-order valence-corrected chi connectivity index (χ4v) is 2.28. The van der Waals surface area contributed by atoms with E-state index in [9.17, 15) is 5.11 Å². The van der Waals surface area contributed by atoms with Crippen molar-refractivity contribution >= 4 is 0 Å². The lowest BCUT2D eigenvalue weighted by Gasteiger charge is -2.23. The van der Waals surface area contributed by atoms with Crippen molar-refractivity contribution in [2.75, 3.05) is 52.8 Å². The van der Waals surface area contributed by atoms with E-state index in [1.807, 2.05) is 0 Å². The summed E-state index contributed by atoms with van der Waals surface area (Å²) in [7, 11) is 0. The Bertz CT molecular complexity index is 341. The second-order valence-electron chi connectivity index (χ2n) is 6.08. The van der Waals surface area contributed by atoms with Gasteiger partial charge in [-0.15, -0.1) is 0 Å². The van der Waals surface area contributed by atoms with Crippen LogP contribution in [-0.2, 0) is 18.9 Å². The molecule has 0 bridgehead atoms. The number of aliphatic hydroxyl groups is 1. The van der Waals surface area contributed by atoms with Gasteiger partial charge in [0.15, 0.2) is 0 Å². The summed E-state index contributed by atoms with van der Waals surface area (Å²) < 4.78 is 21.9. The van der Waals surface area contributed by atoms with Crippen molar-refractivity contribution < 1.29 is 24.1 Å². The van der Waals surface area contributed by atoms with E-state index in [1.165, 1.54) is 0 Å². The molecule has 1 N–H and O–H groups in total. The molecule has 154 valence electrons. The zero-order valence-corrected chi connectivity index (χ0v) is 16.5. The maximum absolute atomic E-state index is 10.3. The number of rotatable bonds is 20. The molecule has 0 spiro atoms. The lowest BCUT2D eigenvalue weighted by atomic mass is 10.1. The lowest BCUT2D eigenvalue weighted by molar-refractivity contribution is -0.0822. The van der Waals surface area contributed by atoms with Crippen LogP contribution in [0.3, 0.4) is 0 Å². The Labute approximate surface area is 157 Å². The number of ether oxygens (including phenoxy) is 4. The summed E-state index contributed by atoms with van der Waals surface area (Å²) in [5.74, 6) is 0. The molecule has 26 heavy (non-hydrogen) atoms. The predicted octanol–water partition coefficient (Wildman–Crippen LogP) is 3.47. The Kier molecular flexibility index (Phi) is 19.7. The molecule has 0 aromatic rings. The van der Waals surface area contributed by atoms with Crippen molar-refractivity contribution in [2.24, 2.45) is 5.11 Å². The van der Waals surface area contributed by atoms with Gasteiger partial charge < -0.3 is 24.1 Å². The first-order chi connectivity index (χ1) is 12.8. The number of azide groups is 1. The van der Waals surface area contributed by atoms with Gasteiger partial charge >= 0.3 is 0 Å². The Morgan fingerprint density at radius 3 is 2.19 bits per heavy atom. The van der Waals surface area contributed by atoms with Crippen LogP contribution in [0.25, 0.3) is 10.4 Å². The Hall–Kier alpha value is -0.890. The van der Waals surface area contributed by atoms with Crippen LogP contribution in [0, 0.1) is 0 Å². The number of unbranched alkanes of at least 4 members (excludes halogenated alkanes) is 3. The molecule has 0 saturated heterocycles. The Morgan fingerprint density at radius 2 is 1.54 bits per heavy atom. The topological polar surface area (TPSA) is 106 Å². The van der Waals surface area contributed by atoms with Crippen LogP contribution in [0.1, 0.15) is 52.4 Å². The van der Waals surface area contributed by atoms with Crippen LogP contribution in [0.5, 0.6) is 0 Å². The summed E-state index contributed by atoms with van der Waals surface area (Å²) in [6.45, 7) is 7.76. The molecule has 0 radical (unpaired) electrons. The first kappa shape index (κ1) is 25.1. The zero-order chi connectivity index (χ0) is 19.3. The SMILES string of the molecule is CCCCCOC(CCCC)C(O)COCCOCCOCCN=[N+]=[N-]. The van der Waals surface area contributed by atoms with Crippen LogP contribution in [0.4, 0.5) is 0 Å². The molecule has 0 fully saturated rings. The highest BCUT2D eigenvalue weighted by molar-refractivity contribution is 4.69. The molecule has 0 aliphatic carbocycles. The molecule has 8 heteroatoms. The van der Waals surface area contributed by atoms with Gasteiger partial charge in [-0.1, -0.05) is 44.6 Å². The van der Waals surface area contributed by atoms with E-state index in [1.54, 1.807) is 0 Å². The zero-order valence-electron chi connectivity index (χ0n) is 16.5. The minimum Gasteiger partial charge on any atom is -0.388 e. The van der Waals surface area contributed by atoms with Gasteiger partial charge in [0.1, 0.15) is 6.10 Å². The van der Waals surface area contributed by atoms with Gasteiger partial charge in [-0.2, -0.15) is 0 Å². The third-order valence-electron chi connectivity index (χ3n) is 3.78. The van der Waals surface area contributed by atoms with Crippen molar-refractivity contribution in [3.05, 3.63) is 10.4 Å². The number of nitrogens with zero attached hydrogens (tertiary/aromatic N) is 3. The quantitative estimate of drug-likeness (QED) is 0.152. The molecule has 8 nitrogen and oxygen atoms in total. The molecular formula is C18H37N3O5. The predicted molar refractivity (Wildman–Crippen MR) is 101 cm³/mol. The molecule has 0 rings (SSSR count). The van der Waals surface area contributed by atoms with Crippen LogP contribution >= 0.6 is 0 Å². The molecular weight excluding hydrogens is 338 g/mol. The normalized spacial score (nSPS) is 13.3. The van der Waals surface area contributed by atoms with Gasteiger partial charge in [-0.3, -0.25) is 0 Å². The monoisotopic (exact) mass is 375 g/mol. The van der Waals surface area contributed by atoms with Gasteiger partial charge in [0.2, 0.25) is 0 Å². The third kappa shape index (κ3) is 16.6. The van der Waals surface area contributed by atoms with E-state index in [0.29, 0.717) is 46.2 Å². The van der Waals surface area contributed by atoms with Crippen molar-refractivity contribution in [3.8, 4) is 0 Å². The van der Waals surface area contributed by atoms with Crippen LogP contribution in [0.15, 0.2) is 5.11 Å². The van der Waals surface area contributed by atoms with Crippen molar-refractivity contribution in [1.82, 2.24) is 0 Å². The summed E-state index contributed by atoms with van der Waals surface area (Å²) in [5, 5.41) is 13.7. The molecule has 0 amide bonds. The molecule has 0 aromatic carbocycles. The Balaban J connectivity index is 3.66. The fraction of sp³-hybridized carbons (Fsp3) is 1.00. The largest absolute Gasteiger partial charge is 0.388 e. The van der Waals surface area contributed by atoms with Gasteiger partial charge in [0.25, 0.3) is 0 Å². The lowest BCUT2D eigenvalue weighted by Crippen LogP contribution is -2.34. The molecule has 0 saturated carbocycles. The number of hydrogen-bond acceptors (Lipinski definition) is 6. The first-order valence-electron chi connectivity index (χ1n) is 9.79. The van der Waals surface area contributed by atoms with E-state index in [-0.39, 0.29) is 12.7 Å². The van der Waals surface area contributed by atoms with Crippen molar-refractivity contribution in [1.29, 1.82) is 0 Å². The van der Waals surface area contributed by atoms with Gasteiger partial charge in [0, 0.05) is 18.1 Å². The van der Waals surface area contributed by atoms with Crippen molar-refractivity contribution in [2.45, 2.75) is 64.6 Å².